The van der Waals surface area contributed by atoms with Crippen LogP contribution in [-0.2, 0) is 4.74 Å². The van der Waals surface area contributed by atoms with E-state index in [4.69, 9.17) is 9.47 Å². The van der Waals surface area contributed by atoms with Crippen molar-refractivity contribution in [2.75, 3.05) is 20.3 Å². The Labute approximate surface area is 114 Å². The third kappa shape index (κ3) is 4.06. The second kappa shape index (κ2) is 7.29. The van der Waals surface area contributed by atoms with Crippen LogP contribution >= 0.6 is 0 Å². The first-order valence-electron chi connectivity index (χ1n) is 7.07. The van der Waals surface area contributed by atoms with Gasteiger partial charge in [-0.05, 0) is 37.1 Å². The molecule has 1 aliphatic rings. The van der Waals surface area contributed by atoms with Crippen LogP contribution in [0.25, 0.3) is 0 Å². The normalized spacial score (nSPS) is 16.3. The van der Waals surface area contributed by atoms with E-state index in [0.717, 1.165) is 24.2 Å². The fraction of sp³-hybridized carbons (Fsp3) is 0.562. The van der Waals surface area contributed by atoms with Gasteiger partial charge in [0.2, 0.25) is 0 Å². The van der Waals surface area contributed by atoms with E-state index < -0.39 is 0 Å². The molecule has 0 radical (unpaired) electrons. The summed E-state index contributed by atoms with van der Waals surface area (Å²) in [5.74, 6) is 1.31. The van der Waals surface area contributed by atoms with E-state index in [2.05, 4.69) is 0 Å². The topological polar surface area (TPSA) is 35.5 Å². The molecular formula is C16H22O3. The molecule has 3 heteroatoms. The van der Waals surface area contributed by atoms with E-state index in [1.807, 2.05) is 24.3 Å². The molecule has 0 heterocycles. The number of rotatable bonds is 6. The van der Waals surface area contributed by atoms with Crippen molar-refractivity contribution in [3.63, 3.8) is 0 Å². The standard InChI is InChI=1S/C16H22O3/c1-18-11-12-19-15-9-7-14(8-10-15)16(17)13-5-3-2-4-6-13/h7-10,13H,2-6,11-12H2,1H3. The number of carbonyl (C=O) groups excluding carboxylic acids is 1. The van der Waals surface area contributed by atoms with E-state index in [1.165, 1.54) is 19.3 Å². The van der Waals surface area contributed by atoms with Gasteiger partial charge in [0, 0.05) is 18.6 Å². The maximum atomic E-state index is 12.3. The predicted molar refractivity (Wildman–Crippen MR) is 74.7 cm³/mol. The fourth-order valence-corrected chi connectivity index (χ4v) is 2.56. The lowest BCUT2D eigenvalue weighted by molar-refractivity contribution is 0.0889. The van der Waals surface area contributed by atoms with Crippen LogP contribution in [0.5, 0.6) is 5.75 Å². The molecule has 104 valence electrons. The van der Waals surface area contributed by atoms with Crippen LogP contribution < -0.4 is 4.74 Å². The van der Waals surface area contributed by atoms with E-state index in [0.29, 0.717) is 19.0 Å². The second-order valence-corrected chi connectivity index (χ2v) is 5.06. The largest absolute Gasteiger partial charge is 0.491 e. The van der Waals surface area contributed by atoms with E-state index >= 15 is 0 Å². The Bertz CT molecular complexity index is 391. The molecule has 0 saturated heterocycles. The molecule has 19 heavy (non-hydrogen) atoms. The molecule has 3 nitrogen and oxygen atoms in total. The van der Waals surface area contributed by atoms with Gasteiger partial charge in [-0.1, -0.05) is 19.3 Å². The first kappa shape index (κ1) is 14.1. The van der Waals surface area contributed by atoms with Gasteiger partial charge < -0.3 is 9.47 Å². The summed E-state index contributed by atoms with van der Waals surface area (Å²) in [7, 11) is 1.65. The van der Waals surface area contributed by atoms with Gasteiger partial charge in [-0.3, -0.25) is 4.79 Å². The quantitative estimate of drug-likeness (QED) is 0.581. The maximum Gasteiger partial charge on any atom is 0.165 e. The number of Topliss-reactive ketones (excluding diaryl/α,β-unsaturated/α-hetero) is 1. The van der Waals surface area contributed by atoms with Gasteiger partial charge in [0.1, 0.15) is 12.4 Å². The van der Waals surface area contributed by atoms with E-state index in [-0.39, 0.29) is 5.92 Å². The Morgan fingerprint density at radius 1 is 1.11 bits per heavy atom. The van der Waals surface area contributed by atoms with Crippen molar-refractivity contribution in [1.82, 2.24) is 0 Å². The van der Waals surface area contributed by atoms with Crippen molar-refractivity contribution < 1.29 is 14.3 Å². The summed E-state index contributed by atoms with van der Waals surface area (Å²) in [5, 5.41) is 0. The lowest BCUT2D eigenvalue weighted by Crippen LogP contribution is -2.17. The zero-order chi connectivity index (χ0) is 13.5. The number of carbonyl (C=O) groups is 1. The smallest absolute Gasteiger partial charge is 0.165 e. The number of ether oxygens (including phenoxy) is 2. The minimum atomic E-state index is 0.231. The molecule has 1 saturated carbocycles. The molecule has 0 atom stereocenters. The van der Waals surface area contributed by atoms with Crippen LogP contribution in [0.4, 0.5) is 0 Å². The van der Waals surface area contributed by atoms with E-state index in [1.54, 1.807) is 7.11 Å². The average Bonchev–Trinajstić information content (AvgIpc) is 2.48. The van der Waals surface area contributed by atoms with Crippen molar-refractivity contribution in [2.45, 2.75) is 32.1 Å². The van der Waals surface area contributed by atoms with Crippen LogP contribution in [0.15, 0.2) is 24.3 Å². The Morgan fingerprint density at radius 3 is 2.42 bits per heavy atom. The second-order valence-electron chi connectivity index (χ2n) is 5.06. The van der Waals surface area contributed by atoms with Gasteiger partial charge in [0.25, 0.3) is 0 Å². The maximum absolute atomic E-state index is 12.3. The van der Waals surface area contributed by atoms with Gasteiger partial charge in [0.05, 0.1) is 6.61 Å². The summed E-state index contributed by atoms with van der Waals surface area (Å²) in [4.78, 5) is 12.3. The summed E-state index contributed by atoms with van der Waals surface area (Å²) in [5.41, 5.74) is 0.811. The monoisotopic (exact) mass is 262 g/mol. The van der Waals surface area contributed by atoms with Crippen molar-refractivity contribution in [3.8, 4) is 5.75 Å². The Hall–Kier alpha value is -1.35. The molecular weight excluding hydrogens is 240 g/mol. The Balaban J connectivity index is 1.91. The molecule has 0 unspecified atom stereocenters. The first-order chi connectivity index (χ1) is 9.31. The Kier molecular flexibility index (Phi) is 5.40. The lowest BCUT2D eigenvalue weighted by atomic mass is 9.84. The molecule has 1 aliphatic carbocycles. The number of benzene rings is 1. The molecule has 0 aromatic heterocycles. The van der Waals surface area contributed by atoms with Gasteiger partial charge in [-0.15, -0.1) is 0 Å². The molecule has 0 aliphatic heterocycles. The van der Waals surface area contributed by atoms with Gasteiger partial charge in [-0.2, -0.15) is 0 Å². The molecule has 0 N–H and O–H groups in total. The predicted octanol–water partition coefficient (Wildman–Crippen LogP) is 3.47. The number of ketones is 1. The summed E-state index contributed by atoms with van der Waals surface area (Å²) in [6.07, 6.45) is 5.75. The van der Waals surface area contributed by atoms with Crippen LogP contribution in [0.1, 0.15) is 42.5 Å². The lowest BCUT2D eigenvalue weighted by Gasteiger charge is -2.20. The van der Waals surface area contributed by atoms with Crippen LogP contribution in [0.2, 0.25) is 0 Å². The van der Waals surface area contributed by atoms with Crippen molar-refractivity contribution >= 4 is 5.78 Å². The third-order valence-electron chi connectivity index (χ3n) is 3.67. The molecule has 0 bridgehead atoms. The number of hydrogen-bond acceptors (Lipinski definition) is 3. The highest BCUT2D eigenvalue weighted by Crippen LogP contribution is 2.27. The molecule has 1 fully saturated rings. The van der Waals surface area contributed by atoms with Crippen LogP contribution in [-0.4, -0.2) is 26.1 Å². The molecule has 0 amide bonds. The zero-order valence-corrected chi connectivity index (χ0v) is 11.6. The van der Waals surface area contributed by atoms with Gasteiger partial charge in [0.15, 0.2) is 5.78 Å². The number of methoxy groups -OCH3 is 1. The fourth-order valence-electron chi connectivity index (χ4n) is 2.56. The molecule has 0 spiro atoms. The van der Waals surface area contributed by atoms with Gasteiger partial charge in [-0.25, -0.2) is 0 Å². The number of hydrogen-bond donors (Lipinski definition) is 0. The van der Waals surface area contributed by atoms with Crippen molar-refractivity contribution in [3.05, 3.63) is 29.8 Å². The average molecular weight is 262 g/mol. The van der Waals surface area contributed by atoms with Crippen molar-refractivity contribution in [1.29, 1.82) is 0 Å². The summed E-state index contributed by atoms with van der Waals surface area (Å²) >= 11 is 0. The van der Waals surface area contributed by atoms with Crippen LogP contribution in [0, 0.1) is 5.92 Å². The summed E-state index contributed by atoms with van der Waals surface area (Å²) in [6.45, 7) is 1.11. The minimum Gasteiger partial charge on any atom is -0.491 e. The van der Waals surface area contributed by atoms with Crippen molar-refractivity contribution in [2.24, 2.45) is 5.92 Å². The highest BCUT2D eigenvalue weighted by atomic mass is 16.5. The summed E-state index contributed by atoms with van der Waals surface area (Å²) in [6, 6.07) is 7.48. The highest BCUT2D eigenvalue weighted by Gasteiger charge is 2.22. The minimum absolute atomic E-state index is 0.231. The first-order valence-corrected chi connectivity index (χ1v) is 7.07. The molecule has 2 rings (SSSR count). The third-order valence-corrected chi connectivity index (χ3v) is 3.67. The van der Waals surface area contributed by atoms with Gasteiger partial charge >= 0.3 is 0 Å². The Morgan fingerprint density at radius 2 is 1.79 bits per heavy atom. The molecule has 1 aromatic rings. The zero-order valence-electron chi connectivity index (χ0n) is 11.6. The van der Waals surface area contributed by atoms with Crippen LogP contribution in [0.3, 0.4) is 0 Å². The molecule has 1 aromatic carbocycles. The highest BCUT2D eigenvalue weighted by molar-refractivity contribution is 5.97. The summed E-state index contributed by atoms with van der Waals surface area (Å²) < 4.78 is 10.4. The SMILES string of the molecule is COCCOc1ccc(C(=O)C2CCCCC2)cc1. The van der Waals surface area contributed by atoms with E-state index in [9.17, 15) is 4.79 Å².